The Morgan fingerprint density at radius 1 is 0.262 bits per heavy atom. The Bertz CT molecular complexity index is 3570. The molecule has 3 nitrogen and oxygen atoms in total. The zero-order chi connectivity index (χ0) is 40.3. The molecule has 0 aliphatic heterocycles. The molecule has 10 aromatic carbocycles. The largest absolute Gasteiger partial charge is 0.455 e. The van der Waals surface area contributed by atoms with E-state index in [1.807, 2.05) is 24.3 Å². The third-order valence-electron chi connectivity index (χ3n) is 12.1. The lowest BCUT2D eigenvalue weighted by molar-refractivity contribution is 0.669. The maximum atomic E-state index is 6.60. The molecule has 0 aliphatic carbocycles. The van der Waals surface area contributed by atoms with E-state index in [4.69, 9.17) is 8.83 Å². The van der Waals surface area contributed by atoms with Crippen molar-refractivity contribution in [2.24, 2.45) is 0 Å². The van der Waals surface area contributed by atoms with Crippen molar-refractivity contribution in [2.45, 2.75) is 0 Å². The molecule has 0 radical (unpaired) electrons. The first-order chi connectivity index (χ1) is 30.2. The molecule has 0 saturated heterocycles. The summed E-state index contributed by atoms with van der Waals surface area (Å²) >= 11 is 0. The highest BCUT2D eigenvalue weighted by atomic mass is 16.3. The first-order valence-electron chi connectivity index (χ1n) is 20.7. The molecule has 0 amide bonds. The number of nitrogens with zero attached hydrogens (tertiary/aromatic N) is 1. The minimum Gasteiger partial charge on any atom is -0.455 e. The summed E-state index contributed by atoms with van der Waals surface area (Å²) in [6.07, 6.45) is 0. The maximum absolute atomic E-state index is 6.60. The smallest absolute Gasteiger partial charge is 0.143 e. The zero-order valence-electron chi connectivity index (χ0n) is 33.1. The third kappa shape index (κ3) is 5.90. The summed E-state index contributed by atoms with van der Waals surface area (Å²) in [5.41, 5.74) is 15.8. The number of rotatable bonds is 7. The van der Waals surface area contributed by atoms with Gasteiger partial charge in [-0.25, -0.2) is 0 Å². The lowest BCUT2D eigenvalue weighted by Gasteiger charge is -2.28. The van der Waals surface area contributed by atoms with Crippen LogP contribution in [0.25, 0.3) is 99.2 Å². The fraction of sp³-hybridized carbons (Fsp3) is 0. The highest BCUT2D eigenvalue weighted by Crippen LogP contribution is 2.45. The van der Waals surface area contributed by atoms with Gasteiger partial charge in [0.2, 0.25) is 0 Å². The molecule has 0 fully saturated rings. The van der Waals surface area contributed by atoms with E-state index >= 15 is 0 Å². The van der Waals surface area contributed by atoms with E-state index in [9.17, 15) is 0 Å². The van der Waals surface area contributed by atoms with Crippen molar-refractivity contribution in [3.8, 4) is 44.5 Å². The van der Waals surface area contributed by atoms with E-state index in [1.54, 1.807) is 0 Å². The highest BCUT2D eigenvalue weighted by molar-refractivity contribution is 6.11. The van der Waals surface area contributed by atoms with Crippen LogP contribution in [0.15, 0.2) is 233 Å². The van der Waals surface area contributed by atoms with Gasteiger partial charge in [-0.1, -0.05) is 182 Å². The predicted octanol–water partition coefficient (Wildman–Crippen LogP) is 16.8. The number of para-hydroxylation sites is 5. The molecule has 3 heteroatoms. The minimum atomic E-state index is 0.882. The summed E-state index contributed by atoms with van der Waals surface area (Å²) in [5.74, 6) is 0. The molecular formula is C58H37NO2. The Kier molecular flexibility index (Phi) is 8.17. The van der Waals surface area contributed by atoms with Crippen LogP contribution in [0.1, 0.15) is 0 Å². The van der Waals surface area contributed by atoms with Crippen molar-refractivity contribution in [1.29, 1.82) is 0 Å². The molecule has 0 saturated carbocycles. The zero-order valence-corrected chi connectivity index (χ0v) is 33.1. The average molecular weight is 780 g/mol. The summed E-state index contributed by atoms with van der Waals surface area (Å²) in [7, 11) is 0. The molecule has 0 unspecified atom stereocenters. The highest BCUT2D eigenvalue weighted by Gasteiger charge is 2.21. The maximum Gasteiger partial charge on any atom is 0.143 e. The fourth-order valence-corrected chi connectivity index (χ4v) is 9.17. The van der Waals surface area contributed by atoms with Gasteiger partial charge in [-0.3, -0.25) is 0 Å². The van der Waals surface area contributed by atoms with E-state index in [0.717, 1.165) is 88.8 Å². The van der Waals surface area contributed by atoms with Crippen molar-refractivity contribution in [2.75, 3.05) is 4.90 Å². The molecule has 286 valence electrons. The van der Waals surface area contributed by atoms with E-state index in [0.29, 0.717) is 0 Å². The number of furan rings is 2. The van der Waals surface area contributed by atoms with Crippen molar-refractivity contribution in [3.63, 3.8) is 0 Å². The summed E-state index contributed by atoms with van der Waals surface area (Å²) in [4.78, 5) is 2.36. The van der Waals surface area contributed by atoms with Crippen LogP contribution in [-0.2, 0) is 0 Å². The topological polar surface area (TPSA) is 29.5 Å². The Balaban J connectivity index is 0.966. The summed E-state index contributed by atoms with van der Waals surface area (Å²) in [5, 5.41) is 6.98. The Labute approximate surface area is 353 Å². The molecule has 12 rings (SSSR count). The Morgan fingerprint density at radius 3 is 1.34 bits per heavy atom. The molecule has 2 aromatic heterocycles. The van der Waals surface area contributed by atoms with E-state index in [-0.39, 0.29) is 0 Å². The summed E-state index contributed by atoms with van der Waals surface area (Å²) in [6, 6.07) is 79.8. The fourth-order valence-electron chi connectivity index (χ4n) is 9.17. The van der Waals surface area contributed by atoms with Crippen molar-refractivity contribution < 1.29 is 8.83 Å². The number of hydrogen-bond donors (Lipinski definition) is 0. The number of anilines is 3. The quantitative estimate of drug-likeness (QED) is 0.161. The molecule has 0 atom stereocenters. The van der Waals surface area contributed by atoms with Gasteiger partial charge >= 0.3 is 0 Å². The minimum absolute atomic E-state index is 0.882. The first kappa shape index (κ1) is 34.9. The predicted molar refractivity (Wildman–Crippen MR) is 255 cm³/mol. The van der Waals surface area contributed by atoms with Crippen LogP contribution >= 0.6 is 0 Å². The molecule has 61 heavy (non-hydrogen) atoms. The number of benzene rings is 10. The SMILES string of the molecule is c1ccc(N(c2ccc(-c3ccc(-c4cccc5ccccc45)cc3)cc2)c2ccc(-c3cccc4c3oc3ccccc34)cc2)c(-c2cccc3c2oc2ccccc23)c1. The molecule has 0 spiro atoms. The standard InChI is InChI=1S/C58H37NO2/c1-2-14-45-40(12-1)13-9-18-46(45)41-28-26-38(27-29-41)39-30-34-43(35-31-39)59(44-36-32-42(33-37-44)47-19-10-21-52-49-16-4-7-24-55(49)60-57(47)52)54-23-6-3-15-48(54)51-20-11-22-53-50-17-5-8-25-56(50)61-58(51)53/h1-37H. The number of hydrogen-bond acceptors (Lipinski definition) is 3. The second kappa shape index (κ2) is 14.3. The van der Waals surface area contributed by atoms with E-state index in [2.05, 4.69) is 205 Å². The van der Waals surface area contributed by atoms with Gasteiger partial charge in [-0.2, -0.15) is 0 Å². The molecular weight excluding hydrogens is 743 g/mol. The van der Waals surface area contributed by atoms with Gasteiger partial charge in [0.15, 0.2) is 0 Å². The van der Waals surface area contributed by atoms with Gasteiger partial charge in [0, 0.05) is 49.6 Å². The van der Waals surface area contributed by atoms with E-state index in [1.165, 1.54) is 27.5 Å². The normalized spacial score (nSPS) is 11.6. The monoisotopic (exact) mass is 779 g/mol. The Hall–Kier alpha value is -8.14. The second-order valence-corrected chi connectivity index (χ2v) is 15.6. The molecule has 2 heterocycles. The van der Waals surface area contributed by atoms with Crippen LogP contribution in [0, 0.1) is 0 Å². The number of fused-ring (bicyclic) bond motifs is 7. The van der Waals surface area contributed by atoms with Crippen LogP contribution in [-0.4, -0.2) is 0 Å². The van der Waals surface area contributed by atoms with Gasteiger partial charge in [-0.15, -0.1) is 0 Å². The lowest BCUT2D eigenvalue weighted by Crippen LogP contribution is -2.11. The lowest BCUT2D eigenvalue weighted by atomic mass is 9.96. The third-order valence-corrected chi connectivity index (χ3v) is 12.1. The van der Waals surface area contributed by atoms with Gasteiger partial charge in [-0.05, 0) is 81.1 Å². The molecule has 0 bridgehead atoms. The average Bonchev–Trinajstić information content (AvgIpc) is 3.91. The van der Waals surface area contributed by atoms with Crippen LogP contribution in [0.2, 0.25) is 0 Å². The van der Waals surface area contributed by atoms with Crippen LogP contribution < -0.4 is 4.90 Å². The second-order valence-electron chi connectivity index (χ2n) is 15.6. The van der Waals surface area contributed by atoms with Crippen LogP contribution in [0.3, 0.4) is 0 Å². The van der Waals surface area contributed by atoms with E-state index < -0.39 is 0 Å². The first-order valence-corrected chi connectivity index (χ1v) is 20.7. The summed E-state index contributed by atoms with van der Waals surface area (Å²) < 4.78 is 13.1. The van der Waals surface area contributed by atoms with Crippen molar-refractivity contribution >= 4 is 71.7 Å². The van der Waals surface area contributed by atoms with Crippen molar-refractivity contribution in [3.05, 3.63) is 224 Å². The van der Waals surface area contributed by atoms with Crippen LogP contribution in [0.4, 0.5) is 17.1 Å². The molecule has 0 aliphatic rings. The Morgan fingerprint density at radius 2 is 0.672 bits per heavy atom. The van der Waals surface area contributed by atoms with Gasteiger partial charge < -0.3 is 13.7 Å². The van der Waals surface area contributed by atoms with Gasteiger partial charge in [0.25, 0.3) is 0 Å². The van der Waals surface area contributed by atoms with Crippen molar-refractivity contribution in [1.82, 2.24) is 0 Å². The molecule has 0 N–H and O–H groups in total. The van der Waals surface area contributed by atoms with Crippen LogP contribution in [0.5, 0.6) is 0 Å². The summed E-state index contributed by atoms with van der Waals surface area (Å²) in [6.45, 7) is 0. The van der Waals surface area contributed by atoms with Gasteiger partial charge in [0.1, 0.15) is 22.3 Å². The van der Waals surface area contributed by atoms with Gasteiger partial charge in [0.05, 0.1) is 5.69 Å². The molecule has 12 aromatic rings.